The van der Waals surface area contributed by atoms with Gasteiger partial charge in [-0.05, 0) is 67.4 Å². The Kier molecular flexibility index (Phi) is 6.67. The first-order chi connectivity index (χ1) is 15.1. The van der Waals surface area contributed by atoms with Crippen LogP contribution in [0.2, 0.25) is 0 Å². The quantitative estimate of drug-likeness (QED) is 0.340. The summed E-state index contributed by atoms with van der Waals surface area (Å²) >= 11 is 3.39. The molecular weight excluding hydrogens is 454 g/mol. The van der Waals surface area contributed by atoms with E-state index in [2.05, 4.69) is 44.9 Å². The Morgan fingerprint density at radius 1 is 1.06 bits per heavy atom. The number of aromatic nitrogens is 2. The number of carbonyl (C=O) groups is 1. The molecule has 0 saturated carbocycles. The third kappa shape index (κ3) is 5.33. The fourth-order valence-corrected chi connectivity index (χ4v) is 3.75. The lowest BCUT2D eigenvalue weighted by Gasteiger charge is -2.11. The maximum absolute atomic E-state index is 12.5. The van der Waals surface area contributed by atoms with E-state index < -0.39 is 0 Å². The van der Waals surface area contributed by atoms with E-state index in [4.69, 9.17) is 9.72 Å². The van der Waals surface area contributed by atoms with E-state index in [9.17, 15) is 4.79 Å². The van der Waals surface area contributed by atoms with Gasteiger partial charge in [0.05, 0.1) is 24.2 Å². The second-order valence-corrected chi connectivity index (χ2v) is 8.29. The molecule has 0 aliphatic carbocycles. The second kappa shape index (κ2) is 9.79. The summed E-state index contributed by atoms with van der Waals surface area (Å²) < 4.78 is 9.00. The lowest BCUT2D eigenvalue weighted by atomic mass is 10.2. The molecule has 0 atom stereocenters. The number of nitrogens with one attached hydrogen (secondary N) is 1. The zero-order valence-corrected chi connectivity index (χ0v) is 18.9. The van der Waals surface area contributed by atoms with Crippen LogP contribution in [-0.2, 0) is 13.1 Å². The van der Waals surface area contributed by atoms with E-state index in [-0.39, 0.29) is 5.91 Å². The van der Waals surface area contributed by atoms with Crippen molar-refractivity contribution in [2.75, 3.05) is 6.61 Å². The molecule has 0 unspecified atom stereocenters. The molecular formula is C25H24BrN3O2. The Morgan fingerprint density at radius 3 is 2.68 bits per heavy atom. The highest BCUT2D eigenvalue weighted by molar-refractivity contribution is 9.10. The van der Waals surface area contributed by atoms with Crippen LogP contribution in [0.3, 0.4) is 0 Å². The standard InChI is InChI=1S/C25H24BrN3O2/c1-18-6-4-7-21(16-18)31-15-5-14-29-23-9-3-2-8-22(23)28-24(29)17-27-25(30)19-10-12-20(26)13-11-19/h2-4,6-13,16H,5,14-15,17H2,1H3,(H,27,30). The van der Waals surface area contributed by atoms with Gasteiger partial charge in [-0.2, -0.15) is 0 Å². The number of rotatable bonds is 8. The molecule has 3 aromatic carbocycles. The maximum Gasteiger partial charge on any atom is 0.251 e. The molecule has 6 heteroatoms. The molecule has 0 spiro atoms. The van der Waals surface area contributed by atoms with Gasteiger partial charge in [-0.1, -0.05) is 40.2 Å². The molecule has 5 nitrogen and oxygen atoms in total. The first-order valence-electron chi connectivity index (χ1n) is 10.3. The van der Waals surface area contributed by atoms with Gasteiger partial charge in [0.25, 0.3) is 5.91 Å². The van der Waals surface area contributed by atoms with E-state index in [0.29, 0.717) is 18.7 Å². The second-order valence-electron chi connectivity index (χ2n) is 7.38. The van der Waals surface area contributed by atoms with Crippen LogP contribution in [0.1, 0.15) is 28.2 Å². The van der Waals surface area contributed by atoms with Crippen LogP contribution < -0.4 is 10.1 Å². The maximum atomic E-state index is 12.5. The minimum atomic E-state index is -0.117. The number of fused-ring (bicyclic) bond motifs is 1. The number of ether oxygens (including phenoxy) is 1. The summed E-state index contributed by atoms with van der Waals surface area (Å²) in [5.41, 5.74) is 3.79. The van der Waals surface area contributed by atoms with Gasteiger partial charge in [0.15, 0.2) is 0 Å². The van der Waals surface area contributed by atoms with Crippen molar-refractivity contribution in [1.82, 2.24) is 14.9 Å². The van der Waals surface area contributed by atoms with E-state index in [1.54, 1.807) is 12.1 Å². The van der Waals surface area contributed by atoms with Gasteiger partial charge in [0.2, 0.25) is 0 Å². The summed E-state index contributed by atoms with van der Waals surface area (Å²) in [6, 6.07) is 23.4. The van der Waals surface area contributed by atoms with E-state index in [1.165, 1.54) is 5.56 Å². The average Bonchev–Trinajstić information content (AvgIpc) is 3.13. The van der Waals surface area contributed by atoms with Crippen molar-refractivity contribution in [2.45, 2.75) is 26.4 Å². The number of para-hydroxylation sites is 2. The predicted octanol–water partition coefficient (Wildman–Crippen LogP) is 5.51. The summed E-state index contributed by atoms with van der Waals surface area (Å²) in [5.74, 6) is 1.61. The average molecular weight is 478 g/mol. The molecule has 4 aromatic rings. The zero-order chi connectivity index (χ0) is 21.6. The fourth-order valence-electron chi connectivity index (χ4n) is 3.49. The number of amides is 1. The normalized spacial score (nSPS) is 10.9. The number of hydrogen-bond donors (Lipinski definition) is 1. The van der Waals surface area contributed by atoms with Crippen LogP contribution in [0.5, 0.6) is 5.75 Å². The predicted molar refractivity (Wildman–Crippen MR) is 126 cm³/mol. The Balaban J connectivity index is 1.42. The Morgan fingerprint density at radius 2 is 1.87 bits per heavy atom. The summed E-state index contributed by atoms with van der Waals surface area (Å²) in [6.45, 7) is 3.79. The molecule has 1 heterocycles. The highest BCUT2D eigenvalue weighted by Gasteiger charge is 2.12. The largest absolute Gasteiger partial charge is 0.494 e. The van der Waals surface area contributed by atoms with Crippen LogP contribution in [0, 0.1) is 6.92 Å². The topological polar surface area (TPSA) is 56.1 Å². The third-order valence-corrected chi connectivity index (χ3v) is 5.56. The van der Waals surface area contributed by atoms with Crippen molar-refractivity contribution in [3.63, 3.8) is 0 Å². The molecule has 158 valence electrons. The summed E-state index contributed by atoms with van der Waals surface area (Å²) in [6.07, 6.45) is 0.835. The number of imidazole rings is 1. The van der Waals surface area contributed by atoms with Gasteiger partial charge in [0.1, 0.15) is 11.6 Å². The molecule has 1 N–H and O–H groups in total. The minimum absolute atomic E-state index is 0.117. The highest BCUT2D eigenvalue weighted by atomic mass is 79.9. The van der Waals surface area contributed by atoms with Gasteiger partial charge < -0.3 is 14.6 Å². The Hall–Kier alpha value is -3.12. The smallest absolute Gasteiger partial charge is 0.251 e. The van der Waals surface area contributed by atoms with Crippen LogP contribution in [-0.4, -0.2) is 22.1 Å². The number of nitrogens with zero attached hydrogens (tertiary/aromatic N) is 2. The number of benzene rings is 3. The van der Waals surface area contributed by atoms with Crippen LogP contribution in [0.4, 0.5) is 0 Å². The van der Waals surface area contributed by atoms with Crippen LogP contribution in [0.15, 0.2) is 77.3 Å². The van der Waals surface area contributed by atoms with E-state index >= 15 is 0 Å². The van der Waals surface area contributed by atoms with Gasteiger partial charge in [0, 0.05) is 16.6 Å². The van der Waals surface area contributed by atoms with E-state index in [0.717, 1.165) is 40.0 Å². The molecule has 4 rings (SSSR count). The number of halogens is 1. The van der Waals surface area contributed by atoms with Gasteiger partial charge in [-0.15, -0.1) is 0 Å². The third-order valence-electron chi connectivity index (χ3n) is 5.03. The Bertz CT molecular complexity index is 1190. The fraction of sp³-hybridized carbons (Fsp3) is 0.200. The first kappa shape index (κ1) is 21.1. The van der Waals surface area contributed by atoms with Crippen molar-refractivity contribution >= 4 is 32.9 Å². The molecule has 1 amide bonds. The molecule has 1 aromatic heterocycles. The van der Waals surface area contributed by atoms with Crippen molar-refractivity contribution in [3.05, 3.63) is 94.2 Å². The Labute approximate surface area is 190 Å². The monoisotopic (exact) mass is 477 g/mol. The van der Waals surface area contributed by atoms with Gasteiger partial charge in [-0.3, -0.25) is 4.79 Å². The minimum Gasteiger partial charge on any atom is -0.494 e. The SMILES string of the molecule is Cc1cccc(OCCCn2c(CNC(=O)c3ccc(Br)cc3)nc3ccccc32)c1. The first-order valence-corrected chi connectivity index (χ1v) is 11.1. The van der Waals surface area contributed by atoms with Crippen molar-refractivity contribution < 1.29 is 9.53 Å². The molecule has 0 fully saturated rings. The molecule has 0 radical (unpaired) electrons. The number of carbonyl (C=O) groups excluding carboxylic acids is 1. The zero-order valence-electron chi connectivity index (χ0n) is 17.3. The van der Waals surface area contributed by atoms with Crippen LogP contribution >= 0.6 is 15.9 Å². The van der Waals surface area contributed by atoms with E-state index in [1.807, 2.05) is 48.5 Å². The highest BCUT2D eigenvalue weighted by Crippen LogP contribution is 2.18. The van der Waals surface area contributed by atoms with Crippen LogP contribution in [0.25, 0.3) is 11.0 Å². The summed E-state index contributed by atoms with van der Waals surface area (Å²) in [4.78, 5) is 17.3. The molecule has 0 aliphatic rings. The van der Waals surface area contributed by atoms with Gasteiger partial charge >= 0.3 is 0 Å². The van der Waals surface area contributed by atoms with Crippen molar-refractivity contribution in [3.8, 4) is 5.75 Å². The molecule has 0 saturated heterocycles. The lowest BCUT2D eigenvalue weighted by Crippen LogP contribution is -2.25. The lowest BCUT2D eigenvalue weighted by molar-refractivity contribution is 0.0949. The van der Waals surface area contributed by atoms with Gasteiger partial charge in [-0.25, -0.2) is 4.98 Å². The molecule has 0 aliphatic heterocycles. The van der Waals surface area contributed by atoms with Crippen molar-refractivity contribution in [2.24, 2.45) is 0 Å². The number of aryl methyl sites for hydroxylation is 2. The van der Waals surface area contributed by atoms with Crippen molar-refractivity contribution in [1.29, 1.82) is 0 Å². The summed E-state index contributed by atoms with van der Waals surface area (Å²) in [7, 11) is 0. The number of hydrogen-bond acceptors (Lipinski definition) is 3. The molecule has 31 heavy (non-hydrogen) atoms. The molecule has 0 bridgehead atoms. The summed E-state index contributed by atoms with van der Waals surface area (Å²) in [5, 5.41) is 2.99.